The lowest BCUT2D eigenvalue weighted by Gasteiger charge is -2.35. The van der Waals surface area contributed by atoms with E-state index >= 15 is 0 Å². The molecule has 140 valence electrons. The number of benzene rings is 1. The summed E-state index contributed by atoms with van der Waals surface area (Å²) in [6.45, 7) is 3.02. The fourth-order valence-corrected chi connectivity index (χ4v) is 4.63. The minimum Gasteiger partial charge on any atom is -0.497 e. The Balaban J connectivity index is 1.32. The average molecular weight is 401 g/mol. The molecule has 27 heavy (non-hydrogen) atoms. The lowest BCUT2D eigenvalue weighted by molar-refractivity contribution is -0.128. The number of ether oxygens (including phenoxy) is 1. The summed E-state index contributed by atoms with van der Waals surface area (Å²) in [5.74, 6) is 2.43. The number of hydrogen-bond acceptors (Lipinski definition) is 7. The summed E-state index contributed by atoms with van der Waals surface area (Å²) in [5.41, 5.74) is 0. The SMILES string of the molecule is COc1ccc(SCC(=O)N2CCN(c3ncnc4sccc34)CC2)cc1. The highest BCUT2D eigenvalue weighted by Crippen LogP contribution is 2.27. The monoisotopic (exact) mass is 400 g/mol. The third kappa shape index (κ3) is 4.01. The quantitative estimate of drug-likeness (QED) is 0.613. The molecule has 6 nitrogen and oxygen atoms in total. The van der Waals surface area contributed by atoms with E-state index in [2.05, 4.69) is 20.9 Å². The van der Waals surface area contributed by atoms with Crippen LogP contribution in [0.1, 0.15) is 0 Å². The number of nitrogens with zero attached hydrogens (tertiary/aromatic N) is 4. The number of carbonyl (C=O) groups excluding carboxylic acids is 1. The summed E-state index contributed by atoms with van der Waals surface area (Å²) < 4.78 is 5.16. The van der Waals surface area contributed by atoms with Gasteiger partial charge in [0.1, 0.15) is 22.7 Å². The van der Waals surface area contributed by atoms with Gasteiger partial charge < -0.3 is 14.5 Å². The van der Waals surface area contributed by atoms with E-state index in [1.807, 2.05) is 34.5 Å². The fourth-order valence-electron chi connectivity index (χ4n) is 3.10. The van der Waals surface area contributed by atoms with Gasteiger partial charge in [0.05, 0.1) is 18.2 Å². The van der Waals surface area contributed by atoms with E-state index in [0.29, 0.717) is 5.75 Å². The van der Waals surface area contributed by atoms with Crippen LogP contribution < -0.4 is 9.64 Å². The van der Waals surface area contributed by atoms with E-state index in [1.54, 1.807) is 36.5 Å². The Bertz CT molecular complexity index is 921. The van der Waals surface area contributed by atoms with Crippen LogP contribution in [0, 0.1) is 0 Å². The molecule has 3 aromatic rings. The van der Waals surface area contributed by atoms with Gasteiger partial charge in [0.2, 0.25) is 5.91 Å². The van der Waals surface area contributed by atoms with Gasteiger partial charge in [0.25, 0.3) is 0 Å². The zero-order chi connectivity index (χ0) is 18.6. The number of carbonyl (C=O) groups is 1. The number of rotatable bonds is 5. The number of methoxy groups -OCH3 is 1. The van der Waals surface area contributed by atoms with Crippen molar-refractivity contribution < 1.29 is 9.53 Å². The van der Waals surface area contributed by atoms with E-state index in [9.17, 15) is 4.79 Å². The molecule has 0 spiro atoms. The summed E-state index contributed by atoms with van der Waals surface area (Å²) in [7, 11) is 1.65. The highest BCUT2D eigenvalue weighted by Gasteiger charge is 2.23. The van der Waals surface area contributed by atoms with Crippen LogP contribution in [0.15, 0.2) is 46.9 Å². The molecule has 0 saturated carbocycles. The van der Waals surface area contributed by atoms with E-state index in [1.165, 1.54) is 0 Å². The van der Waals surface area contributed by atoms with Crippen molar-refractivity contribution in [2.45, 2.75) is 4.90 Å². The Morgan fingerprint density at radius 3 is 2.67 bits per heavy atom. The zero-order valence-electron chi connectivity index (χ0n) is 15.0. The number of amides is 1. The fraction of sp³-hybridized carbons (Fsp3) is 0.316. The van der Waals surface area contributed by atoms with Crippen LogP contribution in [0.2, 0.25) is 0 Å². The van der Waals surface area contributed by atoms with Crippen molar-refractivity contribution in [3.05, 3.63) is 42.0 Å². The molecule has 0 atom stereocenters. The third-order valence-electron chi connectivity index (χ3n) is 4.59. The molecule has 8 heteroatoms. The molecular formula is C19H20N4O2S2. The molecule has 3 heterocycles. The van der Waals surface area contributed by atoms with Crippen LogP contribution in [-0.2, 0) is 4.79 Å². The third-order valence-corrected chi connectivity index (χ3v) is 6.41. The lowest BCUT2D eigenvalue weighted by atomic mass is 10.2. The van der Waals surface area contributed by atoms with Gasteiger partial charge in [0.15, 0.2) is 0 Å². The Labute approximate surface area is 166 Å². The first-order valence-corrected chi connectivity index (χ1v) is 10.6. The van der Waals surface area contributed by atoms with Crippen LogP contribution in [0.3, 0.4) is 0 Å². The molecule has 1 saturated heterocycles. The number of fused-ring (bicyclic) bond motifs is 1. The van der Waals surface area contributed by atoms with Gasteiger partial charge >= 0.3 is 0 Å². The molecule has 0 bridgehead atoms. The number of aromatic nitrogens is 2. The maximum atomic E-state index is 12.5. The molecule has 1 aromatic carbocycles. The molecule has 0 unspecified atom stereocenters. The van der Waals surface area contributed by atoms with Gasteiger partial charge in [-0.05, 0) is 35.7 Å². The number of thioether (sulfide) groups is 1. The molecule has 0 N–H and O–H groups in total. The molecule has 1 fully saturated rings. The van der Waals surface area contributed by atoms with Crippen molar-refractivity contribution in [1.29, 1.82) is 0 Å². The summed E-state index contributed by atoms with van der Waals surface area (Å²) in [6, 6.07) is 9.86. The second-order valence-electron chi connectivity index (χ2n) is 6.17. The number of hydrogen-bond donors (Lipinski definition) is 0. The van der Waals surface area contributed by atoms with Crippen molar-refractivity contribution in [2.75, 3.05) is 43.9 Å². The Morgan fingerprint density at radius 1 is 1.15 bits per heavy atom. The standard InChI is InChI=1S/C19H20N4O2S2/c1-25-14-2-4-15(5-3-14)27-12-17(24)22-7-9-23(10-8-22)18-16-6-11-26-19(16)21-13-20-18/h2-6,11,13H,7-10,12H2,1H3. The molecule has 1 aliphatic rings. The first-order chi connectivity index (χ1) is 13.2. The van der Waals surface area contributed by atoms with Gasteiger partial charge in [0, 0.05) is 31.1 Å². The Hall–Kier alpha value is -2.32. The van der Waals surface area contributed by atoms with E-state index in [0.717, 1.165) is 52.9 Å². The predicted octanol–water partition coefficient (Wildman–Crippen LogP) is 3.14. The summed E-state index contributed by atoms with van der Waals surface area (Å²) in [6.07, 6.45) is 1.62. The molecule has 1 amide bonds. The zero-order valence-corrected chi connectivity index (χ0v) is 16.6. The summed E-state index contributed by atoms with van der Waals surface area (Å²) >= 11 is 3.19. The van der Waals surface area contributed by atoms with Crippen molar-refractivity contribution in [3.8, 4) is 5.75 Å². The van der Waals surface area contributed by atoms with Crippen molar-refractivity contribution in [2.24, 2.45) is 0 Å². The maximum Gasteiger partial charge on any atom is 0.233 e. The highest BCUT2D eigenvalue weighted by molar-refractivity contribution is 8.00. The molecule has 0 aliphatic carbocycles. The molecule has 4 rings (SSSR count). The molecule has 1 aliphatic heterocycles. The Kier molecular flexibility index (Phi) is 5.45. The minimum absolute atomic E-state index is 0.179. The van der Waals surface area contributed by atoms with Crippen molar-refractivity contribution >= 4 is 45.0 Å². The molecular weight excluding hydrogens is 380 g/mol. The summed E-state index contributed by atoms with van der Waals surface area (Å²) in [4.78, 5) is 27.6. The highest BCUT2D eigenvalue weighted by atomic mass is 32.2. The van der Waals surface area contributed by atoms with Crippen LogP contribution in [0.25, 0.3) is 10.2 Å². The predicted molar refractivity (Wildman–Crippen MR) is 110 cm³/mol. The van der Waals surface area contributed by atoms with Crippen molar-refractivity contribution in [3.63, 3.8) is 0 Å². The number of thiophene rings is 1. The molecule has 0 radical (unpaired) electrons. The van der Waals surface area contributed by atoms with E-state index in [-0.39, 0.29) is 5.91 Å². The number of piperazine rings is 1. The lowest BCUT2D eigenvalue weighted by Crippen LogP contribution is -2.49. The van der Waals surface area contributed by atoms with Crippen LogP contribution in [0.5, 0.6) is 5.75 Å². The average Bonchev–Trinajstić information content (AvgIpc) is 3.21. The van der Waals surface area contributed by atoms with E-state index in [4.69, 9.17) is 4.74 Å². The smallest absolute Gasteiger partial charge is 0.233 e. The Morgan fingerprint density at radius 2 is 1.93 bits per heavy atom. The van der Waals surface area contributed by atoms with Gasteiger partial charge in [-0.15, -0.1) is 23.1 Å². The van der Waals surface area contributed by atoms with Crippen LogP contribution in [0.4, 0.5) is 5.82 Å². The minimum atomic E-state index is 0.179. The normalized spacial score (nSPS) is 14.6. The van der Waals surface area contributed by atoms with Gasteiger partial charge in [-0.2, -0.15) is 0 Å². The van der Waals surface area contributed by atoms with E-state index < -0.39 is 0 Å². The van der Waals surface area contributed by atoms with Gasteiger partial charge in [-0.1, -0.05) is 0 Å². The van der Waals surface area contributed by atoms with Crippen LogP contribution in [-0.4, -0.2) is 59.8 Å². The van der Waals surface area contributed by atoms with Crippen LogP contribution >= 0.6 is 23.1 Å². The topological polar surface area (TPSA) is 58.6 Å². The summed E-state index contributed by atoms with van der Waals surface area (Å²) in [5, 5.41) is 3.14. The largest absolute Gasteiger partial charge is 0.497 e. The molecule has 2 aromatic heterocycles. The van der Waals surface area contributed by atoms with Gasteiger partial charge in [-0.25, -0.2) is 9.97 Å². The first-order valence-electron chi connectivity index (χ1n) is 8.72. The number of anilines is 1. The van der Waals surface area contributed by atoms with Crippen molar-refractivity contribution in [1.82, 2.24) is 14.9 Å². The van der Waals surface area contributed by atoms with Gasteiger partial charge in [-0.3, -0.25) is 4.79 Å². The second-order valence-corrected chi connectivity index (χ2v) is 8.11. The maximum absolute atomic E-state index is 12.5. The first kappa shape index (κ1) is 18.1. The second kappa shape index (κ2) is 8.14.